The summed E-state index contributed by atoms with van der Waals surface area (Å²) in [5.74, 6) is -1.90. The predicted octanol–water partition coefficient (Wildman–Crippen LogP) is 2.08. The number of aromatic nitrogens is 2. The van der Waals surface area contributed by atoms with Gasteiger partial charge in [-0.2, -0.15) is 0 Å². The van der Waals surface area contributed by atoms with Gasteiger partial charge in [0.05, 0.1) is 0 Å². The molecule has 1 aliphatic carbocycles. The summed E-state index contributed by atoms with van der Waals surface area (Å²) in [6.07, 6.45) is 3.35. The van der Waals surface area contributed by atoms with Gasteiger partial charge in [0.2, 0.25) is 5.92 Å². The molecule has 0 saturated heterocycles. The zero-order chi connectivity index (χ0) is 10.0. The summed E-state index contributed by atoms with van der Waals surface area (Å²) in [6, 6.07) is 1.51. The molecule has 3 nitrogen and oxygen atoms in total. The number of alkyl halides is 2. The van der Waals surface area contributed by atoms with Crippen LogP contribution in [-0.2, 0) is 0 Å². The molecule has 0 bridgehead atoms. The fraction of sp³-hybridized carbons (Fsp3) is 0.556. The van der Waals surface area contributed by atoms with E-state index in [0.717, 1.165) is 0 Å². The van der Waals surface area contributed by atoms with Crippen molar-refractivity contribution >= 4 is 5.82 Å². The lowest BCUT2D eigenvalue weighted by molar-refractivity contribution is 0.00852. The highest BCUT2D eigenvalue weighted by Gasteiger charge is 2.39. The van der Waals surface area contributed by atoms with Gasteiger partial charge >= 0.3 is 0 Å². The Morgan fingerprint density at radius 3 is 2.93 bits per heavy atom. The number of hydrogen-bond acceptors (Lipinski definition) is 3. The predicted molar refractivity (Wildman–Crippen MR) is 48.2 cm³/mol. The molecule has 1 fully saturated rings. The van der Waals surface area contributed by atoms with Gasteiger partial charge in [-0.15, -0.1) is 0 Å². The van der Waals surface area contributed by atoms with Crippen molar-refractivity contribution in [2.24, 2.45) is 0 Å². The summed E-state index contributed by atoms with van der Waals surface area (Å²) in [5.41, 5.74) is 0. The third-order valence-electron chi connectivity index (χ3n) is 2.34. The van der Waals surface area contributed by atoms with Crippen LogP contribution in [0.1, 0.15) is 19.3 Å². The highest BCUT2D eigenvalue weighted by atomic mass is 19.3. The van der Waals surface area contributed by atoms with Crippen LogP contribution >= 0.6 is 0 Å². The van der Waals surface area contributed by atoms with Crippen LogP contribution in [0.2, 0.25) is 0 Å². The number of hydrogen-bond donors (Lipinski definition) is 1. The molecular formula is C9H11F2N3. The lowest BCUT2D eigenvalue weighted by Crippen LogP contribution is -2.19. The van der Waals surface area contributed by atoms with E-state index in [-0.39, 0.29) is 18.9 Å². The van der Waals surface area contributed by atoms with E-state index in [4.69, 9.17) is 0 Å². The molecule has 1 N–H and O–H groups in total. The molecule has 1 saturated carbocycles. The molecule has 0 radical (unpaired) electrons. The van der Waals surface area contributed by atoms with Gasteiger partial charge in [-0.3, -0.25) is 0 Å². The maximum absolute atomic E-state index is 12.8. The largest absolute Gasteiger partial charge is 0.367 e. The van der Waals surface area contributed by atoms with Crippen LogP contribution in [0.15, 0.2) is 18.6 Å². The summed E-state index contributed by atoms with van der Waals surface area (Å²) in [7, 11) is 0. The molecule has 1 aromatic rings. The topological polar surface area (TPSA) is 37.8 Å². The molecule has 0 spiro atoms. The van der Waals surface area contributed by atoms with Crippen LogP contribution in [0.3, 0.4) is 0 Å². The van der Waals surface area contributed by atoms with Gasteiger partial charge in [-0.25, -0.2) is 18.7 Å². The molecule has 5 heteroatoms. The molecule has 1 heterocycles. The summed E-state index contributed by atoms with van der Waals surface area (Å²) in [6.45, 7) is 0. The van der Waals surface area contributed by atoms with Crippen LogP contribution < -0.4 is 5.32 Å². The minimum absolute atomic E-state index is 0.0320. The van der Waals surface area contributed by atoms with Crippen molar-refractivity contribution in [3.8, 4) is 0 Å². The first-order valence-electron chi connectivity index (χ1n) is 4.56. The molecular weight excluding hydrogens is 188 g/mol. The Bertz CT molecular complexity index is 302. The Balaban J connectivity index is 1.94. The first-order chi connectivity index (χ1) is 6.66. The van der Waals surface area contributed by atoms with Gasteiger partial charge in [-0.05, 0) is 12.5 Å². The van der Waals surface area contributed by atoms with E-state index in [2.05, 4.69) is 15.3 Å². The molecule has 1 atom stereocenters. The lowest BCUT2D eigenvalue weighted by atomic mass is 10.2. The van der Waals surface area contributed by atoms with Crippen molar-refractivity contribution in [1.82, 2.24) is 9.97 Å². The SMILES string of the molecule is FC1(F)CCC(Nc2ccncn2)C1. The second-order valence-electron chi connectivity index (χ2n) is 3.53. The van der Waals surface area contributed by atoms with Crippen LogP contribution in [0.25, 0.3) is 0 Å². The van der Waals surface area contributed by atoms with Crippen molar-refractivity contribution in [3.05, 3.63) is 18.6 Å². The molecule has 1 aliphatic rings. The maximum atomic E-state index is 12.8. The fourth-order valence-electron chi connectivity index (χ4n) is 1.66. The van der Waals surface area contributed by atoms with Crippen LogP contribution in [-0.4, -0.2) is 21.9 Å². The van der Waals surface area contributed by atoms with Crippen molar-refractivity contribution in [2.45, 2.75) is 31.2 Å². The smallest absolute Gasteiger partial charge is 0.250 e. The van der Waals surface area contributed by atoms with Gasteiger partial charge in [0.15, 0.2) is 0 Å². The number of nitrogens with zero attached hydrogens (tertiary/aromatic N) is 2. The first kappa shape index (κ1) is 9.30. The van der Waals surface area contributed by atoms with Gasteiger partial charge in [0, 0.05) is 25.1 Å². The third kappa shape index (κ3) is 2.16. The van der Waals surface area contributed by atoms with Crippen LogP contribution in [0, 0.1) is 0 Å². The Kier molecular flexibility index (Phi) is 2.31. The monoisotopic (exact) mass is 199 g/mol. The third-order valence-corrected chi connectivity index (χ3v) is 2.34. The van der Waals surface area contributed by atoms with E-state index >= 15 is 0 Å². The molecule has 76 valence electrons. The van der Waals surface area contributed by atoms with E-state index < -0.39 is 5.92 Å². The van der Waals surface area contributed by atoms with Crippen molar-refractivity contribution in [1.29, 1.82) is 0 Å². The fourth-order valence-corrected chi connectivity index (χ4v) is 1.66. The average Bonchev–Trinajstić information content (AvgIpc) is 2.47. The van der Waals surface area contributed by atoms with Crippen molar-refractivity contribution < 1.29 is 8.78 Å². The van der Waals surface area contributed by atoms with Crippen molar-refractivity contribution in [3.63, 3.8) is 0 Å². The van der Waals surface area contributed by atoms with Crippen LogP contribution in [0.4, 0.5) is 14.6 Å². The Morgan fingerprint density at radius 1 is 1.50 bits per heavy atom. The quantitative estimate of drug-likeness (QED) is 0.792. The standard InChI is InChI=1S/C9H11F2N3/c10-9(11)3-1-7(5-9)14-8-2-4-12-6-13-8/h2,4,6-7H,1,3,5H2,(H,12,13,14). The highest BCUT2D eigenvalue weighted by Crippen LogP contribution is 2.35. The normalized spacial score (nSPS) is 24.9. The van der Waals surface area contributed by atoms with E-state index in [1.807, 2.05) is 0 Å². The van der Waals surface area contributed by atoms with Gasteiger partial charge < -0.3 is 5.32 Å². The Labute approximate surface area is 80.6 Å². The maximum Gasteiger partial charge on any atom is 0.250 e. The molecule has 14 heavy (non-hydrogen) atoms. The molecule has 1 aromatic heterocycles. The first-order valence-corrected chi connectivity index (χ1v) is 4.56. The zero-order valence-corrected chi connectivity index (χ0v) is 7.58. The van der Waals surface area contributed by atoms with Gasteiger partial charge in [0.1, 0.15) is 12.1 Å². The zero-order valence-electron chi connectivity index (χ0n) is 7.58. The minimum atomic E-state index is -2.51. The number of rotatable bonds is 2. The molecule has 1 unspecified atom stereocenters. The summed E-state index contributed by atoms with van der Waals surface area (Å²) in [5, 5.41) is 2.97. The minimum Gasteiger partial charge on any atom is -0.367 e. The molecule has 2 rings (SSSR count). The van der Waals surface area contributed by atoms with E-state index in [1.54, 1.807) is 12.3 Å². The second kappa shape index (κ2) is 3.48. The number of anilines is 1. The molecule has 0 aromatic carbocycles. The highest BCUT2D eigenvalue weighted by molar-refractivity contribution is 5.33. The number of nitrogens with one attached hydrogen (secondary N) is 1. The van der Waals surface area contributed by atoms with Gasteiger partial charge in [0.25, 0.3) is 0 Å². The summed E-state index contributed by atoms with van der Waals surface area (Å²) < 4.78 is 25.6. The summed E-state index contributed by atoms with van der Waals surface area (Å²) >= 11 is 0. The van der Waals surface area contributed by atoms with Crippen molar-refractivity contribution in [2.75, 3.05) is 5.32 Å². The second-order valence-corrected chi connectivity index (χ2v) is 3.53. The van der Waals surface area contributed by atoms with E-state index in [1.165, 1.54) is 6.33 Å². The van der Waals surface area contributed by atoms with Gasteiger partial charge in [-0.1, -0.05) is 0 Å². The molecule has 0 aliphatic heterocycles. The van der Waals surface area contributed by atoms with Crippen LogP contribution in [0.5, 0.6) is 0 Å². The Hall–Kier alpha value is -1.26. The Morgan fingerprint density at radius 2 is 2.36 bits per heavy atom. The van der Waals surface area contributed by atoms with E-state index in [0.29, 0.717) is 12.2 Å². The molecule has 0 amide bonds. The summed E-state index contributed by atoms with van der Waals surface area (Å²) in [4.78, 5) is 7.67. The van der Waals surface area contributed by atoms with E-state index in [9.17, 15) is 8.78 Å². The number of halogens is 2. The lowest BCUT2D eigenvalue weighted by Gasteiger charge is -2.12. The average molecular weight is 199 g/mol.